The zero-order valence-corrected chi connectivity index (χ0v) is 15.8. The van der Waals surface area contributed by atoms with Crippen LogP contribution in [0.5, 0.6) is 0 Å². The monoisotopic (exact) mass is 356 g/mol. The van der Waals surface area contributed by atoms with Crippen molar-refractivity contribution in [3.05, 3.63) is 0 Å². The van der Waals surface area contributed by atoms with E-state index in [1.165, 1.54) is 0 Å². The summed E-state index contributed by atoms with van der Waals surface area (Å²) in [6.07, 6.45) is 6.53. The van der Waals surface area contributed by atoms with Crippen molar-refractivity contribution in [2.24, 2.45) is 34.5 Å². The minimum atomic E-state index is -0.708. The first-order chi connectivity index (χ1) is 11.8. The molecule has 2 fully saturated rings. The number of fused-ring (bicyclic) bond motifs is 1. The van der Waals surface area contributed by atoms with Crippen molar-refractivity contribution in [2.45, 2.75) is 65.2 Å². The van der Waals surface area contributed by atoms with Crippen molar-refractivity contribution in [3.63, 3.8) is 0 Å². The maximum absolute atomic E-state index is 11.6. The van der Waals surface area contributed by atoms with E-state index in [-0.39, 0.29) is 48.4 Å². The maximum atomic E-state index is 11.6. The fourth-order valence-electron chi connectivity index (χ4n) is 5.67. The normalized spacial score (nSPS) is 39.6. The van der Waals surface area contributed by atoms with E-state index < -0.39 is 5.97 Å². The molecule has 0 heterocycles. The molecule has 4 N–H and O–H groups in total. The van der Waals surface area contributed by atoms with E-state index in [2.05, 4.69) is 13.8 Å². The van der Waals surface area contributed by atoms with Gasteiger partial charge < -0.3 is 20.4 Å². The molecule has 0 bridgehead atoms. The third kappa shape index (κ3) is 4.04. The van der Waals surface area contributed by atoms with E-state index in [1.54, 1.807) is 0 Å². The summed E-state index contributed by atoms with van der Waals surface area (Å²) in [6.45, 7) is 4.84. The Morgan fingerprint density at radius 2 is 1.84 bits per heavy atom. The summed E-state index contributed by atoms with van der Waals surface area (Å²) in [5.74, 6) is -0.241. The molecule has 0 spiro atoms. The zero-order chi connectivity index (χ0) is 18.7. The Kier molecular flexibility index (Phi) is 6.91. The number of aliphatic carboxylic acids is 1. The first-order valence-electron chi connectivity index (χ1n) is 9.88. The van der Waals surface area contributed by atoms with E-state index in [1.807, 2.05) is 0 Å². The molecule has 6 atom stereocenters. The third-order valence-corrected chi connectivity index (χ3v) is 7.80. The highest BCUT2D eigenvalue weighted by Crippen LogP contribution is 2.62. The lowest BCUT2D eigenvalue weighted by molar-refractivity contribution is -0.157. The lowest BCUT2D eigenvalue weighted by atomic mass is 9.45. The van der Waals surface area contributed by atoms with Gasteiger partial charge in [-0.05, 0) is 80.0 Å². The highest BCUT2D eigenvalue weighted by Gasteiger charge is 2.56. The second-order valence-corrected chi connectivity index (χ2v) is 8.93. The van der Waals surface area contributed by atoms with Crippen LogP contribution in [-0.4, -0.2) is 46.2 Å². The third-order valence-electron chi connectivity index (χ3n) is 7.80. The second kappa shape index (κ2) is 8.36. The van der Waals surface area contributed by atoms with Gasteiger partial charge in [-0.3, -0.25) is 4.79 Å². The Hall–Kier alpha value is -0.650. The van der Waals surface area contributed by atoms with Crippen LogP contribution in [0.4, 0.5) is 0 Å². The Labute approximate surface area is 151 Å². The predicted octanol–water partition coefficient (Wildman–Crippen LogP) is 2.67. The molecule has 2 saturated carbocycles. The average molecular weight is 357 g/mol. The second-order valence-electron chi connectivity index (χ2n) is 8.93. The molecule has 5 heteroatoms. The molecule has 6 unspecified atom stereocenters. The number of hydrogen-bond donors (Lipinski definition) is 4. The minimum Gasteiger partial charge on any atom is -0.481 e. The summed E-state index contributed by atoms with van der Waals surface area (Å²) < 4.78 is 0. The van der Waals surface area contributed by atoms with Crippen LogP contribution >= 0.6 is 0 Å². The van der Waals surface area contributed by atoms with E-state index in [9.17, 15) is 25.2 Å². The van der Waals surface area contributed by atoms with Gasteiger partial charge in [-0.15, -0.1) is 0 Å². The van der Waals surface area contributed by atoms with Gasteiger partial charge in [0.2, 0.25) is 0 Å². The van der Waals surface area contributed by atoms with Gasteiger partial charge in [-0.25, -0.2) is 0 Å². The van der Waals surface area contributed by atoms with Crippen LogP contribution < -0.4 is 0 Å². The number of rotatable bonds is 8. The molecule has 0 radical (unpaired) electrons. The molecular formula is C20H36O5. The van der Waals surface area contributed by atoms with Crippen molar-refractivity contribution in [1.29, 1.82) is 0 Å². The van der Waals surface area contributed by atoms with Gasteiger partial charge in [0.1, 0.15) is 0 Å². The van der Waals surface area contributed by atoms with Crippen LogP contribution in [0.1, 0.15) is 65.2 Å². The van der Waals surface area contributed by atoms with Gasteiger partial charge in [0.05, 0.1) is 5.92 Å². The van der Waals surface area contributed by atoms with Crippen molar-refractivity contribution in [3.8, 4) is 0 Å². The smallest absolute Gasteiger partial charge is 0.306 e. The highest BCUT2D eigenvalue weighted by atomic mass is 16.4. The predicted molar refractivity (Wildman–Crippen MR) is 96.0 cm³/mol. The molecule has 2 rings (SSSR count). The van der Waals surface area contributed by atoms with Crippen LogP contribution in [-0.2, 0) is 4.79 Å². The quantitative estimate of drug-likeness (QED) is 0.536. The first kappa shape index (κ1) is 20.7. The van der Waals surface area contributed by atoms with Gasteiger partial charge in [0, 0.05) is 19.8 Å². The molecule has 5 nitrogen and oxygen atoms in total. The summed E-state index contributed by atoms with van der Waals surface area (Å²) in [7, 11) is 0. The van der Waals surface area contributed by atoms with Crippen LogP contribution in [0.2, 0.25) is 0 Å². The van der Waals surface area contributed by atoms with Crippen molar-refractivity contribution < 1.29 is 25.2 Å². The number of carboxylic acid groups (broad SMARTS) is 1. The summed E-state index contributed by atoms with van der Waals surface area (Å²) in [5, 5.41) is 38.5. The zero-order valence-electron chi connectivity index (χ0n) is 15.8. The molecule has 0 aromatic rings. The van der Waals surface area contributed by atoms with Crippen LogP contribution in [0, 0.1) is 34.5 Å². The largest absolute Gasteiger partial charge is 0.481 e. The molecule has 0 aliphatic heterocycles. The molecule has 0 aromatic carbocycles. The fourth-order valence-corrected chi connectivity index (χ4v) is 5.67. The minimum absolute atomic E-state index is 0.0298. The number of aliphatic hydroxyl groups is 3. The van der Waals surface area contributed by atoms with Gasteiger partial charge in [-0.1, -0.05) is 13.8 Å². The van der Waals surface area contributed by atoms with E-state index in [0.717, 1.165) is 32.1 Å². The molecule has 146 valence electrons. The lowest BCUT2D eigenvalue weighted by Crippen LogP contribution is -2.54. The van der Waals surface area contributed by atoms with E-state index in [0.29, 0.717) is 25.2 Å². The van der Waals surface area contributed by atoms with Gasteiger partial charge >= 0.3 is 5.97 Å². The summed E-state index contributed by atoms with van der Waals surface area (Å²) in [4.78, 5) is 11.6. The fraction of sp³-hybridized carbons (Fsp3) is 0.950. The molecular weight excluding hydrogens is 320 g/mol. The van der Waals surface area contributed by atoms with E-state index in [4.69, 9.17) is 0 Å². The Morgan fingerprint density at radius 1 is 1.16 bits per heavy atom. The van der Waals surface area contributed by atoms with Crippen LogP contribution in [0.15, 0.2) is 0 Å². The Morgan fingerprint density at radius 3 is 2.40 bits per heavy atom. The van der Waals surface area contributed by atoms with Crippen LogP contribution in [0.25, 0.3) is 0 Å². The van der Waals surface area contributed by atoms with Crippen molar-refractivity contribution in [1.82, 2.24) is 0 Å². The topological polar surface area (TPSA) is 98.0 Å². The van der Waals surface area contributed by atoms with Gasteiger partial charge in [-0.2, -0.15) is 0 Å². The van der Waals surface area contributed by atoms with Crippen LogP contribution in [0.3, 0.4) is 0 Å². The molecule has 0 saturated heterocycles. The molecule has 0 aromatic heterocycles. The van der Waals surface area contributed by atoms with Gasteiger partial charge in [0.25, 0.3) is 0 Å². The summed E-state index contributed by atoms with van der Waals surface area (Å²) >= 11 is 0. The Bertz CT molecular complexity index is 453. The number of aliphatic hydroxyl groups excluding tert-OH is 3. The molecule has 2 aliphatic rings. The SMILES string of the molecule is CC1CCC2(CO)CCC(C(=O)O)CC2C1(C)CCC(CO)CCO. The standard InChI is InChI=1S/C20H36O5/c1-14-3-8-20(13-23)9-5-16(18(24)25)11-17(20)19(14,2)7-4-15(12-22)6-10-21/h14-17,21-23H,3-13H2,1-2H3,(H,24,25). The number of carbonyl (C=O) groups is 1. The highest BCUT2D eigenvalue weighted by molar-refractivity contribution is 5.70. The molecule has 0 amide bonds. The summed E-state index contributed by atoms with van der Waals surface area (Å²) in [6, 6.07) is 0. The number of hydrogen-bond acceptors (Lipinski definition) is 4. The maximum Gasteiger partial charge on any atom is 0.306 e. The summed E-state index contributed by atoms with van der Waals surface area (Å²) in [5.41, 5.74) is -0.170. The van der Waals surface area contributed by atoms with Gasteiger partial charge in [0.15, 0.2) is 0 Å². The Balaban J connectivity index is 2.23. The average Bonchev–Trinajstić information content (AvgIpc) is 2.61. The van der Waals surface area contributed by atoms with E-state index >= 15 is 0 Å². The number of carboxylic acids is 1. The van der Waals surface area contributed by atoms with Crippen molar-refractivity contribution in [2.75, 3.05) is 19.8 Å². The first-order valence-corrected chi connectivity index (χ1v) is 9.88. The molecule has 25 heavy (non-hydrogen) atoms. The lowest BCUT2D eigenvalue weighted by Gasteiger charge is -2.59. The van der Waals surface area contributed by atoms with Crippen molar-refractivity contribution >= 4 is 5.97 Å². The molecule has 2 aliphatic carbocycles.